The highest BCUT2D eigenvalue weighted by Gasteiger charge is 2.14. The Labute approximate surface area is 90.3 Å². The molecule has 86 valence electrons. The molecule has 4 heteroatoms. The van der Waals surface area contributed by atoms with Crippen molar-refractivity contribution in [2.24, 2.45) is 5.92 Å². The number of carbonyl (C=O) groups is 1. The molecule has 1 heterocycles. The molecule has 0 aromatic carbocycles. The minimum Gasteiger partial charge on any atom is -0.478 e. The van der Waals surface area contributed by atoms with Crippen LogP contribution in [0.2, 0.25) is 0 Å². The van der Waals surface area contributed by atoms with Crippen molar-refractivity contribution in [3.8, 4) is 0 Å². The summed E-state index contributed by atoms with van der Waals surface area (Å²) in [4.78, 5) is 10.3. The molecule has 1 saturated heterocycles. The van der Waals surface area contributed by atoms with Crippen LogP contribution in [-0.4, -0.2) is 37.4 Å². The zero-order chi connectivity index (χ0) is 11.1. The van der Waals surface area contributed by atoms with Crippen molar-refractivity contribution in [3.05, 3.63) is 11.6 Å². The highest BCUT2D eigenvalue weighted by atomic mass is 16.5. The Morgan fingerprint density at radius 2 is 2.47 bits per heavy atom. The Balaban J connectivity index is 2.03. The fourth-order valence-corrected chi connectivity index (χ4v) is 1.66. The SMILES string of the molecule is CC(=CC(=O)O)CNCCC1CCOC1. The molecule has 0 amide bonds. The van der Waals surface area contributed by atoms with E-state index in [1.54, 1.807) is 0 Å². The predicted octanol–water partition coefficient (Wildman–Crippen LogP) is 1.03. The normalized spacial score (nSPS) is 21.9. The van der Waals surface area contributed by atoms with E-state index in [1.807, 2.05) is 6.92 Å². The summed E-state index contributed by atoms with van der Waals surface area (Å²) in [6.07, 6.45) is 3.51. The van der Waals surface area contributed by atoms with E-state index in [4.69, 9.17) is 9.84 Å². The maximum atomic E-state index is 10.3. The van der Waals surface area contributed by atoms with Gasteiger partial charge in [-0.2, -0.15) is 0 Å². The molecule has 0 radical (unpaired) electrons. The molecule has 1 rings (SSSR count). The van der Waals surface area contributed by atoms with Crippen LogP contribution in [0.15, 0.2) is 11.6 Å². The zero-order valence-electron chi connectivity index (χ0n) is 9.16. The topological polar surface area (TPSA) is 58.6 Å². The first-order chi connectivity index (χ1) is 7.18. The quantitative estimate of drug-likeness (QED) is 0.511. The van der Waals surface area contributed by atoms with Gasteiger partial charge in [-0.25, -0.2) is 4.79 Å². The van der Waals surface area contributed by atoms with Crippen molar-refractivity contribution < 1.29 is 14.6 Å². The number of hydrogen-bond donors (Lipinski definition) is 2. The second-order valence-electron chi connectivity index (χ2n) is 4.02. The van der Waals surface area contributed by atoms with Gasteiger partial charge in [-0.05, 0) is 32.2 Å². The Kier molecular flexibility index (Phi) is 5.36. The second kappa shape index (κ2) is 6.58. The van der Waals surface area contributed by atoms with Gasteiger partial charge in [0, 0.05) is 25.8 Å². The first kappa shape index (κ1) is 12.2. The van der Waals surface area contributed by atoms with E-state index < -0.39 is 5.97 Å². The molecule has 2 N–H and O–H groups in total. The van der Waals surface area contributed by atoms with E-state index in [9.17, 15) is 4.79 Å². The lowest BCUT2D eigenvalue weighted by atomic mass is 10.1. The highest BCUT2D eigenvalue weighted by Crippen LogP contribution is 2.15. The van der Waals surface area contributed by atoms with E-state index >= 15 is 0 Å². The molecule has 1 aliphatic heterocycles. The third-order valence-electron chi connectivity index (χ3n) is 2.53. The van der Waals surface area contributed by atoms with Gasteiger partial charge in [0.1, 0.15) is 0 Å². The standard InChI is InChI=1S/C11H19NO3/c1-9(6-11(13)14)7-12-4-2-10-3-5-15-8-10/h6,10,12H,2-5,7-8H2,1H3,(H,13,14). The molecule has 1 fully saturated rings. The van der Waals surface area contributed by atoms with E-state index in [0.717, 1.165) is 38.2 Å². The Morgan fingerprint density at radius 1 is 1.67 bits per heavy atom. The summed E-state index contributed by atoms with van der Waals surface area (Å²) in [7, 11) is 0. The average molecular weight is 213 g/mol. The van der Waals surface area contributed by atoms with Crippen LogP contribution in [-0.2, 0) is 9.53 Å². The summed E-state index contributed by atoms with van der Waals surface area (Å²) in [5.41, 5.74) is 0.852. The van der Waals surface area contributed by atoms with Gasteiger partial charge < -0.3 is 15.2 Å². The molecule has 0 spiro atoms. The summed E-state index contributed by atoms with van der Waals surface area (Å²) in [5.74, 6) is -0.195. The maximum absolute atomic E-state index is 10.3. The highest BCUT2D eigenvalue weighted by molar-refractivity contribution is 5.80. The maximum Gasteiger partial charge on any atom is 0.328 e. The lowest BCUT2D eigenvalue weighted by Gasteiger charge is -2.08. The number of carboxylic acid groups (broad SMARTS) is 1. The minimum absolute atomic E-state index is 0.653. The van der Waals surface area contributed by atoms with E-state index in [0.29, 0.717) is 12.5 Å². The molecule has 0 aromatic heterocycles. The average Bonchev–Trinajstić information content (AvgIpc) is 2.63. The van der Waals surface area contributed by atoms with Crippen LogP contribution >= 0.6 is 0 Å². The Bertz CT molecular complexity index is 232. The summed E-state index contributed by atoms with van der Waals surface area (Å²) >= 11 is 0. The van der Waals surface area contributed by atoms with Crippen molar-refractivity contribution >= 4 is 5.97 Å². The second-order valence-corrected chi connectivity index (χ2v) is 4.02. The zero-order valence-corrected chi connectivity index (χ0v) is 9.16. The van der Waals surface area contributed by atoms with Gasteiger partial charge in [0.2, 0.25) is 0 Å². The first-order valence-electron chi connectivity index (χ1n) is 5.37. The van der Waals surface area contributed by atoms with Crippen LogP contribution in [0, 0.1) is 5.92 Å². The molecule has 1 aliphatic rings. The molecule has 4 nitrogen and oxygen atoms in total. The summed E-state index contributed by atoms with van der Waals surface area (Å²) in [5, 5.41) is 11.7. The number of hydrogen-bond acceptors (Lipinski definition) is 3. The molecule has 0 saturated carbocycles. The van der Waals surface area contributed by atoms with E-state index in [2.05, 4.69) is 5.32 Å². The number of carboxylic acids is 1. The van der Waals surface area contributed by atoms with Gasteiger partial charge >= 0.3 is 5.97 Å². The lowest BCUT2D eigenvalue weighted by molar-refractivity contribution is -0.131. The van der Waals surface area contributed by atoms with Crippen molar-refractivity contribution in [1.29, 1.82) is 0 Å². The van der Waals surface area contributed by atoms with Crippen molar-refractivity contribution in [2.45, 2.75) is 19.8 Å². The van der Waals surface area contributed by atoms with E-state index in [-0.39, 0.29) is 0 Å². The summed E-state index contributed by atoms with van der Waals surface area (Å²) in [6.45, 7) is 5.17. The van der Waals surface area contributed by atoms with Gasteiger partial charge in [0.15, 0.2) is 0 Å². The van der Waals surface area contributed by atoms with Crippen molar-refractivity contribution in [1.82, 2.24) is 5.32 Å². The van der Waals surface area contributed by atoms with Crippen LogP contribution < -0.4 is 5.32 Å². The molecule has 1 unspecified atom stereocenters. The first-order valence-corrected chi connectivity index (χ1v) is 5.37. The van der Waals surface area contributed by atoms with Crippen LogP contribution in [0.4, 0.5) is 0 Å². The number of rotatable bonds is 6. The van der Waals surface area contributed by atoms with Gasteiger partial charge in [-0.15, -0.1) is 0 Å². The van der Waals surface area contributed by atoms with Gasteiger partial charge in [-0.3, -0.25) is 0 Å². The number of nitrogens with one attached hydrogen (secondary N) is 1. The van der Waals surface area contributed by atoms with Gasteiger partial charge in [0.25, 0.3) is 0 Å². The monoisotopic (exact) mass is 213 g/mol. The fourth-order valence-electron chi connectivity index (χ4n) is 1.66. The molecule has 1 atom stereocenters. The summed E-state index contributed by atoms with van der Waals surface area (Å²) in [6, 6.07) is 0. The molecular formula is C11H19NO3. The molecule has 15 heavy (non-hydrogen) atoms. The Morgan fingerprint density at radius 3 is 3.07 bits per heavy atom. The smallest absolute Gasteiger partial charge is 0.328 e. The molecule has 0 aliphatic carbocycles. The molecule has 0 aromatic rings. The molecular weight excluding hydrogens is 194 g/mol. The molecule has 0 bridgehead atoms. The summed E-state index contributed by atoms with van der Waals surface area (Å²) < 4.78 is 5.27. The Hall–Kier alpha value is -0.870. The van der Waals surface area contributed by atoms with Crippen molar-refractivity contribution in [2.75, 3.05) is 26.3 Å². The third kappa shape index (κ3) is 5.54. The van der Waals surface area contributed by atoms with Crippen LogP contribution in [0.3, 0.4) is 0 Å². The van der Waals surface area contributed by atoms with E-state index in [1.165, 1.54) is 6.08 Å². The van der Waals surface area contributed by atoms with Crippen LogP contribution in [0.1, 0.15) is 19.8 Å². The fraction of sp³-hybridized carbons (Fsp3) is 0.727. The largest absolute Gasteiger partial charge is 0.478 e. The van der Waals surface area contributed by atoms with Gasteiger partial charge in [0.05, 0.1) is 0 Å². The predicted molar refractivity (Wildman–Crippen MR) is 57.8 cm³/mol. The van der Waals surface area contributed by atoms with Crippen LogP contribution in [0.5, 0.6) is 0 Å². The van der Waals surface area contributed by atoms with Crippen LogP contribution in [0.25, 0.3) is 0 Å². The minimum atomic E-state index is -0.876. The van der Waals surface area contributed by atoms with Gasteiger partial charge in [-0.1, -0.05) is 5.57 Å². The number of ether oxygens (including phenoxy) is 1. The lowest BCUT2D eigenvalue weighted by Crippen LogP contribution is -2.20. The number of aliphatic carboxylic acids is 1. The van der Waals surface area contributed by atoms with Crippen molar-refractivity contribution in [3.63, 3.8) is 0 Å². The third-order valence-corrected chi connectivity index (χ3v) is 2.53.